The first-order valence-electron chi connectivity index (χ1n) is 8.95. The van der Waals surface area contributed by atoms with Crippen molar-refractivity contribution in [1.29, 1.82) is 0 Å². The number of H-pyrrole nitrogens is 1. The predicted molar refractivity (Wildman–Crippen MR) is 92.2 cm³/mol. The van der Waals surface area contributed by atoms with Crippen molar-refractivity contribution < 1.29 is 22.8 Å². The fourth-order valence-corrected chi connectivity index (χ4v) is 3.84. The van der Waals surface area contributed by atoms with Crippen LogP contribution in [0.4, 0.5) is 18.9 Å². The maximum Gasteiger partial charge on any atom is 0.416 e. The van der Waals surface area contributed by atoms with Gasteiger partial charge >= 0.3 is 6.18 Å². The molecule has 2 aromatic rings. The Kier molecular flexibility index (Phi) is 4.56. The maximum absolute atomic E-state index is 12.9. The second kappa shape index (κ2) is 6.92. The molecule has 10 heteroatoms. The standard InChI is InChI=1S/C18H18F3N5O2/c19-18(20,21)13-2-1-3-14(7-13)26-10-12(6-16(26)27)17(28)25-5-4-11(9-25)15-8-22-24-23-15/h1-3,7-8,11-12H,4-6,9-10H2,(H,22,23,24). The number of hydrogen-bond acceptors (Lipinski definition) is 4. The summed E-state index contributed by atoms with van der Waals surface area (Å²) in [5.74, 6) is -0.948. The molecule has 7 nitrogen and oxygen atoms in total. The SMILES string of the molecule is O=C(C1CC(=O)N(c2cccc(C(F)(F)F)c2)C1)N1CCC(c2cn[nH]n2)C1. The molecule has 2 amide bonds. The fraction of sp³-hybridized carbons (Fsp3) is 0.444. The van der Waals surface area contributed by atoms with Gasteiger partial charge in [0.05, 0.1) is 23.4 Å². The van der Waals surface area contributed by atoms with Crippen LogP contribution in [0.2, 0.25) is 0 Å². The molecule has 0 radical (unpaired) electrons. The third-order valence-electron chi connectivity index (χ3n) is 5.31. The third kappa shape index (κ3) is 3.46. The average Bonchev–Trinajstić information content (AvgIpc) is 3.40. The molecule has 2 atom stereocenters. The molecular weight excluding hydrogens is 375 g/mol. The first-order chi connectivity index (χ1) is 13.3. The van der Waals surface area contributed by atoms with Crippen LogP contribution in [0.15, 0.2) is 30.5 Å². The minimum atomic E-state index is -4.49. The molecule has 28 heavy (non-hydrogen) atoms. The number of carbonyl (C=O) groups is 2. The zero-order valence-corrected chi connectivity index (χ0v) is 14.8. The molecular formula is C18H18F3N5O2. The summed E-state index contributed by atoms with van der Waals surface area (Å²) in [5.41, 5.74) is 0.142. The molecule has 148 valence electrons. The number of amides is 2. The van der Waals surface area contributed by atoms with Crippen LogP contribution in [0.25, 0.3) is 0 Å². The predicted octanol–water partition coefficient (Wildman–Crippen LogP) is 2.19. The van der Waals surface area contributed by atoms with E-state index in [0.29, 0.717) is 13.1 Å². The topological polar surface area (TPSA) is 82.2 Å². The first-order valence-corrected chi connectivity index (χ1v) is 8.95. The summed E-state index contributed by atoms with van der Waals surface area (Å²) in [6, 6.07) is 4.63. The fourth-order valence-electron chi connectivity index (χ4n) is 3.84. The monoisotopic (exact) mass is 393 g/mol. The van der Waals surface area contributed by atoms with E-state index in [-0.39, 0.29) is 36.4 Å². The van der Waals surface area contributed by atoms with Gasteiger partial charge in [0.15, 0.2) is 0 Å². The van der Waals surface area contributed by atoms with Crippen molar-refractivity contribution in [2.75, 3.05) is 24.5 Å². The molecule has 0 bridgehead atoms. The molecule has 4 rings (SSSR count). The van der Waals surface area contributed by atoms with Crippen LogP contribution in [0.5, 0.6) is 0 Å². The van der Waals surface area contributed by atoms with Crippen LogP contribution < -0.4 is 4.90 Å². The van der Waals surface area contributed by atoms with Crippen LogP contribution in [0.3, 0.4) is 0 Å². The van der Waals surface area contributed by atoms with Gasteiger partial charge in [0.2, 0.25) is 11.8 Å². The quantitative estimate of drug-likeness (QED) is 0.867. The number of likely N-dealkylation sites (tertiary alicyclic amines) is 1. The number of alkyl halides is 3. The Labute approximate surface area is 158 Å². The summed E-state index contributed by atoms with van der Waals surface area (Å²) in [7, 11) is 0. The largest absolute Gasteiger partial charge is 0.416 e. The Morgan fingerprint density at radius 1 is 1.25 bits per heavy atom. The average molecular weight is 393 g/mol. The van der Waals surface area contributed by atoms with E-state index >= 15 is 0 Å². The molecule has 3 heterocycles. The summed E-state index contributed by atoms with van der Waals surface area (Å²) >= 11 is 0. The van der Waals surface area contributed by atoms with Crippen LogP contribution in [0, 0.1) is 5.92 Å². The van der Waals surface area contributed by atoms with Gasteiger partial charge in [-0.05, 0) is 24.6 Å². The van der Waals surface area contributed by atoms with E-state index in [2.05, 4.69) is 15.4 Å². The minimum Gasteiger partial charge on any atom is -0.342 e. The van der Waals surface area contributed by atoms with E-state index in [1.54, 1.807) is 11.1 Å². The van der Waals surface area contributed by atoms with Crippen molar-refractivity contribution in [1.82, 2.24) is 20.3 Å². The van der Waals surface area contributed by atoms with Crippen molar-refractivity contribution in [3.8, 4) is 0 Å². The number of nitrogens with zero attached hydrogens (tertiary/aromatic N) is 4. The number of aromatic nitrogens is 3. The van der Waals surface area contributed by atoms with Gasteiger partial charge < -0.3 is 9.80 Å². The molecule has 1 N–H and O–H groups in total. The highest BCUT2D eigenvalue weighted by Gasteiger charge is 2.40. The lowest BCUT2D eigenvalue weighted by atomic mass is 10.1. The van der Waals surface area contributed by atoms with Gasteiger partial charge in [-0.3, -0.25) is 9.59 Å². The van der Waals surface area contributed by atoms with Gasteiger partial charge in [0.1, 0.15) is 0 Å². The Morgan fingerprint density at radius 2 is 2.07 bits per heavy atom. The number of nitrogens with one attached hydrogen (secondary N) is 1. The molecule has 0 spiro atoms. The van der Waals surface area contributed by atoms with Crippen molar-refractivity contribution in [2.24, 2.45) is 5.92 Å². The lowest BCUT2D eigenvalue weighted by Gasteiger charge is -2.21. The van der Waals surface area contributed by atoms with Crippen LogP contribution in [-0.2, 0) is 15.8 Å². The van der Waals surface area contributed by atoms with Gasteiger partial charge in [-0.2, -0.15) is 28.6 Å². The molecule has 1 aromatic carbocycles. The molecule has 2 aliphatic rings. The molecule has 2 saturated heterocycles. The normalized spacial score (nSPS) is 22.9. The van der Waals surface area contributed by atoms with E-state index < -0.39 is 17.7 Å². The van der Waals surface area contributed by atoms with Gasteiger partial charge in [-0.1, -0.05) is 6.07 Å². The number of halogens is 3. The number of carbonyl (C=O) groups excluding carboxylic acids is 2. The van der Waals surface area contributed by atoms with Crippen LogP contribution in [0.1, 0.15) is 30.0 Å². The van der Waals surface area contributed by atoms with Gasteiger partial charge in [0.25, 0.3) is 0 Å². The Hall–Kier alpha value is -2.91. The smallest absolute Gasteiger partial charge is 0.342 e. The number of aromatic amines is 1. The lowest BCUT2D eigenvalue weighted by molar-refractivity contribution is -0.137. The number of anilines is 1. The summed E-state index contributed by atoms with van der Waals surface area (Å²) in [6.45, 7) is 1.15. The Bertz CT molecular complexity index is 884. The van der Waals surface area contributed by atoms with Crippen molar-refractivity contribution in [2.45, 2.75) is 24.9 Å². The summed E-state index contributed by atoms with van der Waals surface area (Å²) in [4.78, 5) is 28.2. The summed E-state index contributed by atoms with van der Waals surface area (Å²) in [5, 5.41) is 10.4. The molecule has 0 saturated carbocycles. The number of rotatable bonds is 3. The van der Waals surface area contributed by atoms with Gasteiger partial charge in [0, 0.05) is 37.7 Å². The molecule has 2 aliphatic heterocycles. The van der Waals surface area contributed by atoms with Gasteiger partial charge in [-0.25, -0.2) is 0 Å². The zero-order chi connectivity index (χ0) is 19.9. The van der Waals surface area contributed by atoms with Crippen molar-refractivity contribution in [3.63, 3.8) is 0 Å². The summed E-state index contributed by atoms with van der Waals surface area (Å²) in [6.07, 6.45) is -2.09. The van der Waals surface area contributed by atoms with Crippen LogP contribution >= 0.6 is 0 Å². The van der Waals surface area contributed by atoms with Crippen molar-refractivity contribution >= 4 is 17.5 Å². The lowest BCUT2D eigenvalue weighted by Crippen LogP contribution is -2.36. The highest BCUT2D eigenvalue weighted by molar-refractivity contribution is 6.00. The van der Waals surface area contributed by atoms with E-state index in [1.807, 2.05) is 0 Å². The molecule has 2 unspecified atom stereocenters. The Balaban J connectivity index is 1.44. The highest BCUT2D eigenvalue weighted by atomic mass is 19.4. The van der Waals surface area contributed by atoms with Gasteiger partial charge in [-0.15, -0.1) is 0 Å². The second-order valence-electron chi connectivity index (χ2n) is 7.12. The molecule has 0 aliphatic carbocycles. The van der Waals surface area contributed by atoms with E-state index in [9.17, 15) is 22.8 Å². The van der Waals surface area contributed by atoms with Crippen molar-refractivity contribution in [3.05, 3.63) is 41.7 Å². The second-order valence-corrected chi connectivity index (χ2v) is 7.12. The first kappa shape index (κ1) is 18.5. The highest BCUT2D eigenvalue weighted by Crippen LogP contribution is 2.34. The Morgan fingerprint density at radius 3 is 2.79 bits per heavy atom. The zero-order valence-electron chi connectivity index (χ0n) is 14.8. The third-order valence-corrected chi connectivity index (χ3v) is 5.31. The minimum absolute atomic E-state index is 0.000204. The molecule has 1 aromatic heterocycles. The molecule has 2 fully saturated rings. The summed E-state index contributed by atoms with van der Waals surface area (Å²) < 4.78 is 38.8. The number of benzene rings is 1. The maximum atomic E-state index is 12.9. The van der Waals surface area contributed by atoms with E-state index in [0.717, 1.165) is 24.2 Å². The van der Waals surface area contributed by atoms with Crippen LogP contribution in [-0.4, -0.2) is 51.8 Å². The van der Waals surface area contributed by atoms with E-state index in [4.69, 9.17) is 0 Å². The van der Waals surface area contributed by atoms with E-state index in [1.165, 1.54) is 17.0 Å². The number of hydrogen-bond donors (Lipinski definition) is 1.